The van der Waals surface area contributed by atoms with Gasteiger partial charge in [0.05, 0.1) is 11.1 Å². The largest absolute Gasteiger partial charge is 0.303 e. The van der Waals surface area contributed by atoms with E-state index in [1.54, 1.807) is 18.5 Å². The van der Waals surface area contributed by atoms with E-state index in [0.717, 1.165) is 0 Å². The number of carbonyl (C=O) groups is 1. The number of allylic oxidation sites excluding steroid dienone is 1. The van der Waals surface area contributed by atoms with Gasteiger partial charge in [-0.25, -0.2) is 9.97 Å². The summed E-state index contributed by atoms with van der Waals surface area (Å²) in [5, 5.41) is 4.13. The minimum absolute atomic E-state index is 0.384. The highest BCUT2D eigenvalue weighted by Gasteiger charge is 2.18. The fourth-order valence-corrected chi connectivity index (χ4v) is 1.97. The molecule has 0 bridgehead atoms. The number of hydrogen-bond acceptors (Lipinski definition) is 5. The normalized spacial score (nSPS) is 15.4. The van der Waals surface area contributed by atoms with Crippen LogP contribution in [0.5, 0.6) is 0 Å². The molecule has 0 N–H and O–H groups in total. The van der Waals surface area contributed by atoms with Crippen LogP contribution in [0.15, 0.2) is 38.1 Å². The van der Waals surface area contributed by atoms with Gasteiger partial charge in [-0.2, -0.15) is 5.10 Å². The van der Waals surface area contributed by atoms with Crippen molar-refractivity contribution in [1.82, 2.24) is 15.4 Å². The Hall–Kier alpha value is -1.21. The molecule has 0 saturated carbocycles. The molecule has 5 nitrogen and oxygen atoms in total. The van der Waals surface area contributed by atoms with E-state index in [2.05, 4.69) is 36.4 Å². The fraction of sp³-hybridized carbons (Fsp3) is 0. The maximum absolute atomic E-state index is 11.2. The smallest absolute Gasteiger partial charge is 0.264 e. The Morgan fingerprint density at radius 3 is 2.73 bits per heavy atom. The van der Waals surface area contributed by atoms with Crippen LogP contribution < -0.4 is 5.43 Å². The number of nitrogens with zero attached hydrogens (tertiary/aromatic N) is 4. The molecule has 0 spiro atoms. The number of carbonyl (C=O) groups excluding carboxylic acids is 1. The van der Waals surface area contributed by atoms with Crippen LogP contribution in [0.4, 0.5) is 0 Å². The predicted molar refractivity (Wildman–Crippen MR) is 59.5 cm³/mol. The molecule has 0 aromatic carbocycles. The zero-order valence-electron chi connectivity index (χ0n) is 7.29. The summed E-state index contributed by atoms with van der Waals surface area (Å²) in [6, 6.07) is 1.73. The number of aromatic nitrogens is 2. The van der Waals surface area contributed by atoms with Crippen LogP contribution in [0.25, 0.3) is 0 Å². The van der Waals surface area contributed by atoms with Crippen molar-refractivity contribution in [2.45, 2.75) is 5.16 Å². The maximum atomic E-state index is 11.2. The third-order valence-electron chi connectivity index (χ3n) is 1.47. The molecule has 15 heavy (non-hydrogen) atoms. The number of rotatable bonds is 2. The first kappa shape index (κ1) is 10.3. The van der Waals surface area contributed by atoms with Gasteiger partial charge in [0.25, 0.3) is 0 Å². The summed E-state index contributed by atoms with van der Waals surface area (Å²) in [5.41, 5.74) is 3.37. The summed E-state index contributed by atoms with van der Waals surface area (Å²) >= 11 is 4.40. The van der Waals surface area contributed by atoms with Crippen molar-refractivity contribution in [2.75, 3.05) is 0 Å². The van der Waals surface area contributed by atoms with Crippen molar-refractivity contribution >= 4 is 39.8 Å². The van der Waals surface area contributed by atoms with Crippen LogP contribution in [0, 0.1) is 0 Å². The van der Waals surface area contributed by atoms with E-state index in [1.165, 1.54) is 18.0 Å². The van der Waals surface area contributed by atoms with E-state index in [-0.39, 0.29) is 0 Å². The van der Waals surface area contributed by atoms with E-state index in [9.17, 15) is 4.79 Å². The first-order chi connectivity index (χ1) is 7.27. The molecule has 2 rings (SSSR count). The van der Waals surface area contributed by atoms with Crippen LogP contribution in [-0.2, 0) is 4.79 Å². The van der Waals surface area contributed by atoms with Crippen LogP contribution >= 0.6 is 27.7 Å². The molecular weight excluding hydrogens is 280 g/mol. The monoisotopic (exact) mass is 283 g/mol. The van der Waals surface area contributed by atoms with E-state index >= 15 is 0 Å². The second-order valence-electron chi connectivity index (χ2n) is 2.46. The lowest BCUT2D eigenvalue weighted by Crippen LogP contribution is -2.15. The molecule has 7 heteroatoms. The molecule has 0 fully saturated rings. The van der Waals surface area contributed by atoms with E-state index < -0.39 is 5.91 Å². The second-order valence-corrected chi connectivity index (χ2v) is 4.26. The lowest BCUT2D eigenvalue weighted by Gasteiger charge is -2.06. The van der Waals surface area contributed by atoms with Crippen molar-refractivity contribution < 1.29 is 4.79 Å². The van der Waals surface area contributed by atoms with Crippen molar-refractivity contribution in [3.8, 4) is 0 Å². The summed E-state index contributed by atoms with van der Waals surface area (Å²) in [5.74, 6) is -0.393. The van der Waals surface area contributed by atoms with Crippen LogP contribution in [-0.4, -0.2) is 22.1 Å². The SMILES string of the molecule is O=C1[N]N=CC(Sc2ncccn2)=C1Br. The average molecular weight is 284 g/mol. The van der Waals surface area contributed by atoms with Gasteiger partial charge >= 0.3 is 5.91 Å². The van der Waals surface area contributed by atoms with Gasteiger partial charge in [-0.05, 0) is 33.8 Å². The second kappa shape index (κ2) is 4.54. The van der Waals surface area contributed by atoms with E-state index in [1.807, 2.05) is 0 Å². The van der Waals surface area contributed by atoms with E-state index in [4.69, 9.17) is 0 Å². The first-order valence-corrected chi connectivity index (χ1v) is 5.51. The van der Waals surface area contributed by atoms with E-state index in [0.29, 0.717) is 14.5 Å². The first-order valence-electron chi connectivity index (χ1n) is 3.90. The number of amides is 1. The molecule has 75 valence electrons. The van der Waals surface area contributed by atoms with Crippen LogP contribution in [0.3, 0.4) is 0 Å². The molecule has 1 aliphatic heterocycles. The predicted octanol–water partition coefficient (Wildman–Crippen LogP) is 1.31. The van der Waals surface area contributed by atoms with Crippen LogP contribution in [0.2, 0.25) is 0 Å². The lowest BCUT2D eigenvalue weighted by atomic mass is 10.4. The molecule has 0 saturated heterocycles. The van der Waals surface area contributed by atoms with Gasteiger partial charge in [0.1, 0.15) is 4.48 Å². The highest BCUT2D eigenvalue weighted by atomic mass is 79.9. The Morgan fingerprint density at radius 2 is 2.00 bits per heavy atom. The minimum Gasteiger partial charge on any atom is -0.264 e. The Kier molecular flexibility index (Phi) is 3.12. The Balaban J connectivity index is 2.23. The summed E-state index contributed by atoms with van der Waals surface area (Å²) < 4.78 is 0.384. The van der Waals surface area contributed by atoms with Gasteiger partial charge in [0.2, 0.25) is 0 Å². The highest BCUT2D eigenvalue weighted by molar-refractivity contribution is 9.12. The number of hydrogen-bond donors (Lipinski definition) is 0. The topological polar surface area (TPSA) is 69.3 Å². The van der Waals surface area contributed by atoms with Gasteiger partial charge in [0, 0.05) is 12.4 Å². The molecule has 1 aromatic heterocycles. The third kappa shape index (κ3) is 2.42. The van der Waals surface area contributed by atoms with Gasteiger partial charge in [-0.3, -0.25) is 4.79 Å². The average Bonchev–Trinajstić information content (AvgIpc) is 2.26. The quantitative estimate of drug-likeness (QED) is 0.768. The van der Waals surface area contributed by atoms with Crippen molar-refractivity contribution in [3.63, 3.8) is 0 Å². The standard InChI is InChI=1S/C8H4BrN4OS/c9-6-5(4-12-13-7(6)14)15-8-10-2-1-3-11-8/h1-4H. The minimum atomic E-state index is -0.393. The van der Waals surface area contributed by atoms with Gasteiger partial charge in [0.15, 0.2) is 5.16 Å². The fourth-order valence-electron chi connectivity index (χ4n) is 0.847. The molecule has 0 atom stereocenters. The van der Waals surface area contributed by atoms with Crippen molar-refractivity contribution in [1.29, 1.82) is 0 Å². The molecule has 2 heterocycles. The molecule has 1 aromatic rings. The molecule has 0 aliphatic carbocycles. The summed E-state index contributed by atoms with van der Waals surface area (Å²) in [6.07, 6.45) is 4.76. The lowest BCUT2D eigenvalue weighted by molar-refractivity contribution is -0.117. The molecule has 1 aliphatic rings. The summed E-state index contributed by atoms with van der Waals surface area (Å²) in [4.78, 5) is 19.9. The Bertz CT molecular complexity index is 445. The number of thioether (sulfide) groups is 1. The maximum Gasteiger partial charge on any atom is 0.303 e. The summed E-state index contributed by atoms with van der Waals surface area (Å²) in [7, 11) is 0. The van der Waals surface area contributed by atoms with Gasteiger partial charge < -0.3 is 0 Å². The third-order valence-corrected chi connectivity index (χ3v) is 3.42. The van der Waals surface area contributed by atoms with Crippen LogP contribution in [0.1, 0.15) is 0 Å². The zero-order chi connectivity index (χ0) is 10.7. The zero-order valence-corrected chi connectivity index (χ0v) is 9.70. The Morgan fingerprint density at radius 1 is 1.27 bits per heavy atom. The highest BCUT2D eigenvalue weighted by Crippen LogP contribution is 2.28. The van der Waals surface area contributed by atoms with Gasteiger partial charge in [-0.1, -0.05) is 0 Å². The molecule has 0 unspecified atom stereocenters. The molecule has 1 amide bonds. The number of halogens is 1. The Labute approximate surface area is 98.2 Å². The van der Waals surface area contributed by atoms with Crippen molar-refractivity contribution in [2.24, 2.45) is 5.10 Å². The summed E-state index contributed by atoms with van der Waals surface area (Å²) in [6.45, 7) is 0. The van der Waals surface area contributed by atoms with Crippen molar-refractivity contribution in [3.05, 3.63) is 27.8 Å². The molecule has 1 radical (unpaired) electrons. The molecular formula is C8H4BrN4OS. The van der Waals surface area contributed by atoms with Gasteiger partial charge in [-0.15, -0.1) is 5.43 Å².